The molecule has 186 valence electrons. The molecular formula is C24H23F3N2O4S2. The van der Waals surface area contributed by atoms with Crippen molar-refractivity contribution in [3.8, 4) is 11.5 Å². The summed E-state index contributed by atoms with van der Waals surface area (Å²) in [4.78, 5) is 26.8. The van der Waals surface area contributed by atoms with Crippen molar-refractivity contribution in [2.24, 2.45) is 0 Å². The first kappa shape index (κ1) is 26.6. The van der Waals surface area contributed by atoms with Crippen molar-refractivity contribution in [1.82, 2.24) is 4.90 Å². The number of benzene rings is 2. The molecule has 1 aliphatic heterocycles. The predicted molar refractivity (Wildman–Crippen MR) is 133 cm³/mol. The molecule has 0 spiro atoms. The van der Waals surface area contributed by atoms with Crippen molar-refractivity contribution in [2.75, 3.05) is 19.0 Å². The molecule has 0 saturated carbocycles. The fourth-order valence-electron chi connectivity index (χ4n) is 3.41. The Bertz CT molecular complexity index is 1150. The number of methoxy groups -OCH3 is 1. The summed E-state index contributed by atoms with van der Waals surface area (Å²) in [7, 11) is 1.43. The van der Waals surface area contributed by atoms with Crippen molar-refractivity contribution in [1.29, 1.82) is 0 Å². The normalized spacial score (nSPS) is 15.1. The van der Waals surface area contributed by atoms with E-state index in [9.17, 15) is 27.9 Å². The topological polar surface area (TPSA) is 78.9 Å². The lowest BCUT2D eigenvalue weighted by molar-refractivity contribution is -0.137. The molecule has 0 aromatic heterocycles. The number of hydrogen-bond donors (Lipinski definition) is 2. The van der Waals surface area contributed by atoms with E-state index >= 15 is 0 Å². The highest BCUT2D eigenvalue weighted by molar-refractivity contribution is 8.26. The molecule has 0 bridgehead atoms. The van der Waals surface area contributed by atoms with Crippen LogP contribution in [0.4, 0.5) is 18.9 Å². The van der Waals surface area contributed by atoms with Crippen molar-refractivity contribution < 1.29 is 32.6 Å². The van der Waals surface area contributed by atoms with Gasteiger partial charge in [-0.25, -0.2) is 0 Å². The Kier molecular flexibility index (Phi) is 8.79. The molecule has 1 aliphatic rings. The van der Waals surface area contributed by atoms with Crippen LogP contribution in [-0.4, -0.2) is 39.8 Å². The maximum absolute atomic E-state index is 13.0. The second-order valence-corrected chi connectivity index (χ2v) is 9.34. The van der Waals surface area contributed by atoms with Gasteiger partial charge >= 0.3 is 6.18 Å². The molecule has 0 unspecified atom stereocenters. The van der Waals surface area contributed by atoms with Crippen LogP contribution in [0.15, 0.2) is 47.4 Å². The van der Waals surface area contributed by atoms with Gasteiger partial charge in [0.15, 0.2) is 11.5 Å². The number of thiocarbonyl (C=S) groups is 1. The first-order valence-corrected chi connectivity index (χ1v) is 11.9. The second kappa shape index (κ2) is 11.6. The lowest BCUT2D eigenvalue weighted by atomic mass is 10.1. The lowest BCUT2D eigenvalue weighted by Crippen LogP contribution is -2.29. The van der Waals surface area contributed by atoms with Gasteiger partial charge in [-0.2, -0.15) is 13.2 Å². The number of nitrogens with one attached hydrogen (secondary N) is 1. The SMILES string of the molecule is COc1cc(/C=C2\SC(=S)N(CCCCCC(=O)Nc3ccccc3C(F)(F)F)C2=O)ccc1O. The fraction of sp³-hybridized carbons (Fsp3) is 0.292. The maximum atomic E-state index is 13.0. The highest BCUT2D eigenvalue weighted by Crippen LogP contribution is 2.35. The molecule has 3 rings (SSSR count). The Morgan fingerprint density at radius 3 is 2.66 bits per heavy atom. The third-order valence-electron chi connectivity index (χ3n) is 5.17. The van der Waals surface area contributed by atoms with E-state index in [0.717, 1.165) is 6.07 Å². The van der Waals surface area contributed by atoms with Gasteiger partial charge in [0.05, 0.1) is 23.3 Å². The standard InChI is InChI=1S/C24H23F3N2O4S2/c1-33-19-13-15(10-11-18(19)30)14-20-22(32)29(23(34)35-20)12-6-2-3-9-21(31)28-17-8-5-4-7-16(17)24(25,26)27/h4-5,7-8,10-11,13-14,30H,2-3,6,9,12H2,1H3,(H,28,31)/b20-14-. The zero-order valence-electron chi connectivity index (χ0n) is 18.7. The predicted octanol–water partition coefficient (Wildman–Crippen LogP) is 5.82. The Labute approximate surface area is 210 Å². The highest BCUT2D eigenvalue weighted by atomic mass is 32.2. The number of phenols is 1. The van der Waals surface area contributed by atoms with Gasteiger partial charge in [0, 0.05) is 13.0 Å². The van der Waals surface area contributed by atoms with Crippen LogP contribution in [-0.2, 0) is 15.8 Å². The molecule has 0 atom stereocenters. The number of carbonyl (C=O) groups is 2. The zero-order chi connectivity index (χ0) is 25.6. The van der Waals surface area contributed by atoms with E-state index in [0.29, 0.717) is 46.3 Å². The molecule has 2 N–H and O–H groups in total. The van der Waals surface area contributed by atoms with Gasteiger partial charge in [0.2, 0.25) is 5.91 Å². The highest BCUT2D eigenvalue weighted by Gasteiger charge is 2.33. The zero-order valence-corrected chi connectivity index (χ0v) is 20.4. The van der Waals surface area contributed by atoms with Crippen LogP contribution < -0.4 is 10.1 Å². The Morgan fingerprint density at radius 1 is 1.20 bits per heavy atom. The van der Waals surface area contributed by atoms with Crippen LogP contribution in [0.1, 0.15) is 36.8 Å². The quantitative estimate of drug-likeness (QED) is 0.245. The number of aromatic hydroxyl groups is 1. The van der Waals surface area contributed by atoms with E-state index in [-0.39, 0.29) is 23.8 Å². The van der Waals surface area contributed by atoms with Crippen molar-refractivity contribution in [3.05, 3.63) is 58.5 Å². The van der Waals surface area contributed by atoms with Gasteiger partial charge in [-0.15, -0.1) is 0 Å². The number of phenolic OH excluding ortho intramolecular Hbond substituents is 1. The number of halogens is 3. The number of carbonyl (C=O) groups excluding carboxylic acids is 2. The third kappa shape index (κ3) is 6.98. The monoisotopic (exact) mass is 524 g/mol. The first-order valence-electron chi connectivity index (χ1n) is 10.7. The minimum absolute atomic E-state index is 0.00422. The van der Waals surface area contributed by atoms with Gasteiger partial charge in [0.25, 0.3) is 5.91 Å². The van der Waals surface area contributed by atoms with Crippen LogP contribution in [0, 0.1) is 0 Å². The number of hydrogen-bond acceptors (Lipinski definition) is 6. The van der Waals surface area contributed by atoms with Crippen LogP contribution in [0.5, 0.6) is 11.5 Å². The Balaban J connectivity index is 1.47. The van der Waals surface area contributed by atoms with Gasteiger partial charge < -0.3 is 15.2 Å². The molecule has 1 fully saturated rings. The molecule has 2 amide bonds. The maximum Gasteiger partial charge on any atom is 0.418 e. The molecule has 11 heteroatoms. The van der Waals surface area contributed by atoms with E-state index in [1.165, 1.54) is 48.0 Å². The van der Waals surface area contributed by atoms with Crippen LogP contribution in [0.25, 0.3) is 6.08 Å². The number of amides is 2. The fourth-order valence-corrected chi connectivity index (χ4v) is 4.72. The Hall–Kier alpha value is -3.05. The number of para-hydroxylation sites is 1. The number of ether oxygens (including phenoxy) is 1. The summed E-state index contributed by atoms with van der Waals surface area (Å²) in [6.45, 7) is 0.374. The van der Waals surface area contributed by atoms with Crippen LogP contribution >= 0.6 is 24.0 Å². The molecule has 35 heavy (non-hydrogen) atoms. The van der Waals surface area contributed by atoms with E-state index in [2.05, 4.69) is 5.32 Å². The number of rotatable bonds is 9. The molecule has 0 aliphatic carbocycles. The van der Waals surface area contributed by atoms with Gasteiger partial charge in [0.1, 0.15) is 4.32 Å². The molecule has 2 aromatic rings. The number of unbranched alkanes of at least 4 members (excludes halogenated alkanes) is 2. The smallest absolute Gasteiger partial charge is 0.418 e. The molecule has 6 nitrogen and oxygen atoms in total. The molecular weight excluding hydrogens is 501 g/mol. The minimum atomic E-state index is -4.55. The van der Waals surface area contributed by atoms with Crippen molar-refractivity contribution >= 4 is 51.9 Å². The third-order valence-corrected chi connectivity index (χ3v) is 6.55. The molecule has 0 radical (unpaired) electrons. The van der Waals surface area contributed by atoms with Gasteiger partial charge in [-0.05, 0) is 48.7 Å². The summed E-state index contributed by atoms with van der Waals surface area (Å²) < 4.78 is 44.6. The summed E-state index contributed by atoms with van der Waals surface area (Å²) in [5, 5.41) is 12.0. The summed E-state index contributed by atoms with van der Waals surface area (Å²) in [6, 6.07) is 9.58. The summed E-state index contributed by atoms with van der Waals surface area (Å²) in [5.41, 5.74) is -0.472. The van der Waals surface area contributed by atoms with Gasteiger partial charge in [-0.1, -0.05) is 48.6 Å². The second-order valence-electron chi connectivity index (χ2n) is 7.67. The summed E-state index contributed by atoms with van der Waals surface area (Å²) >= 11 is 6.50. The van der Waals surface area contributed by atoms with E-state index < -0.39 is 17.6 Å². The summed E-state index contributed by atoms with van der Waals surface area (Å²) in [5.74, 6) is -0.441. The van der Waals surface area contributed by atoms with E-state index in [1.807, 2.05) is 0 Å². The molecule has 2 aromatic carbocycles. The minimum Gasteiger partial charge on any atom is -0.504 e. The van der Waals surface area contributed by atoms with Crippen LogP contribution in [0.2, 0.25) is 0 Å². The lowest BCUT2D eigenvalue weighted by Gasteiger charge is -2.14. The number of anilines is 1. The van der Waals surface area contributed by atoms with E-state index in [1.54, 1.807) is 18.2 Å². The van der Waals surface area contributed by atoms with Crippen LogP contribution in [0.3, 0.4) is 0 Å². The molecule has 1 saturated heterocycles. The van der Waals surface area contributed by atoms with Gasteiger partial charge in [-0.3, -0.25) is 14.5 Å². The van der Waals surface area contributed by atoms with E-state index in [4.69, 9.17) is 17.0 Å². The molecule has 1 heterocycles. The first-order chi connectivity index (χ1) is 16.6. The van der Waals surface area contributed by atoms with Crippen molar-refractivity contribution in [2.45, 2.75) is 31.9 Å². The number of alkyl halides is 3. The number of nitrogens with zero attached hydrogens (tertiary/aromatic N) is 1. The number of thioether (sulfide) groups is 1. The largest absolute Gasteiger partial charge is 0.504 e. The van der Waals surface area contributed by atoms with Crippen molar-refractivity contribution in [3.63, 3.8) is 0 Å². The summed E-state index contributed by atoms with van der Waals surface area (Å²) in [6.07, 6.45) is -1.18. The Morgan fingerprint density at radius 2 is 1.94 bits per heavy atom. The average molecular weight is 525 g/mol. The average Bonchev–Trinajstić information content (AvgIpc) is 3.06.